The maximum atomic E-state index is 3.59. The average Bonchev–Trinajstić information content (AvgIpc) is 2.58. The van der Waals surface area contributed by atoms with E-state index in [0.717, 1.165) is 11.8 Å². The molecule has 0 aliphatic heterocycles. The third-order valence-corrected chi connectivity index (χ3v) is 4.81. The highest BCUT2D eigenvalue weighted by Gasteiger charge is 2.04. The number of fused-ring (bicyclic) bond motifs is 1. The molecule has 74 valence electrons. The topological polar surface area (TPSA) is 0 Å². The molecule has 0 saturated heterocycles. The molecule has 0 aliphatic rings. The molecule has 14 heavy (non-hydrogen) atoms. The molecule has 2 aromatic rings. The van der Waals surface area contributed by atoms with Crippen LogP contribution < -0.4 is 0 Å². The van der Waals surface area contributed by atoms with Crippen molar-refractivity contribution < 1.29 is 0 Å². The minimum Gasteiger partial charge on any atom is -0.140 e. The average molecular weight is 334 g/mol. The largest absolute Gasteiger partial charge is 0.140 e. The molecule has 2 rings (SSSR count). The molecule has 0 aliphatic carbocycles. The van der Waals surface area contributed by atoms with Crippen molar-refractivity contribution in [2.24, 2.45) is 0 Å². The minimum atomic E-state index is 0.904. The van der Waals surface area contributed by atoms with Crippen LogP contribution in [0.15, 0.2) is 22.7 Å². The van der Waals surface area contributed by atoms with Crippen molar-refractivity contribution in [2.45, 2.75) is 18.7 Å². The first kappa shape index (κ1) is 10.7. The second-order valence-electron chi connectivity index (χ2n) is 3.18. The fourth-order valence-corrected chi connectivity index (χ4v) is 3.94. The van der Waals surface area contributed by atoms with Gasteiger partial charge in [-0.15, -0.1) is 11.3 Å². The van der Waals surface area contributed by atoms with Gasteiger partial charge >= 0.3 is 0 Å². The van der Waals surface area contributed by atoms with Gasteiger partial charge in [-0.2, -0.15) is 0 Å². The van der Waals surface area contributed by atoms with Gasteiger partial charge in [0, 0.05) is 19.4 Å². The van der Waals surface area contributed by atoms with E-state index in [1.165, 1.54) is 25.0 Å². The van der Waals surface area contributed by atoms with Crippen molar-refractivity contribution in [3.05, 3.63) is 33.1 Å². The predicted octanol–water partition coefficient (Wildman–Crippen LogP) is 5.12. The summed E-state index contributed by atoms with van der Waals surface area (Å²) in [6.07, 6.45) is 1.13. The maximum absolute atomic E-state index is 3.59. The zero-order valence-electron chi connectivity index (χ0n) is 7.81. The van der Waals surface area contributed by atoms with Crippen molar-refractivity contribution in [3.63, 3.8) is 0 Å². The van der Waals surface area contributed by atoms with Crippen LogP contribution in [-0.4, -0.2) is 0 Å². The van der Waals surface area contributed by atoms with E-state index in [-0.39, 0.29) is 0 Å². The highest BCUT2D eigenvalue weighted by molar-refractivity contribution is 9.10. The Labute approximate surface area is 105 Å². The first-order chi connectivity index (χ1) is 6.74. The Morgan fingerprint density at radius 1 is 1.29 bits per heavy atom. The molecule has 0 unspecified atom stereocenters. The Hall–Kier alpha value is 0.140. The lowest BCUT2D eigenvalue weighted by Crippen LogP contribution is -1.78. The zero-order chi connectivity index (χ0) is 10.1. The summed E-state index contributed by atoms with van der Waals surface area (Å²) < 4.78 is 2.57. The molecule has 0 nitrogen and oxygen atoms in total. The standard InChI is InChI=1S/C11H10Br2S/c1-2-9-4-7-3-8(6-12)10(13)5-11(7)14-9/h3-5H,2,6H2,1H3. The van der Waals surface area contributed by atoms with Gasteiger partial charge in [0.15, 0.2) is 0 Å². The van der Waals surface area contributed by atoms with Crippen LogP contribution in [0, 0.1) is 0 Å². The van der Waals surface area contributed by atoms with E-state index in [0.29, 0.717) is 0 Å². The molecule has 0 bridgehead atoms. The number of aryl methyl sites for hydroxylation is 1. The summed E-state index contributed by atoms with van der Waals surface area (Å²) in [5, 5.41) is 2.27. The molecule has 0 N–H and O–H groups in total. The Balaban J connectivity index is 2.64. The van der Waals surface area contributed by atoms with Crippen molar-refractivity contribution in [1.29, 1.82) is 0 Å². The number of hydrogen-bond acceptors (Lipinski definition) is 1. The lowest BCUT2D eigenvalue weighted by Gasteiger charge is -1.99. The number of benzene rings is 1. The van der Waals surface area contributed by atoms with Gasteiger partial charge in [0.1, 0.15) is 0 Å². The Bertz CT molecular complexity index is 460. The van der Waals surface area contributed by atoms with E-state index >= 15 is 0 Å². The highest BCUT2D eigenvalue weighted by Crippen LogP contribution is 2.32. The fourth-order valence-electron chi connectivity index (χ4n) is 1.44. The predicted molar refractivity (Wildman–Crippen MR) is 71.5 cm³/mol. The van der Waals surface area contributed by atoms with Crippen molar-refractivity contribution in [3.8, 4) is 0 Å². The van der Waals surface area contributed by atoms with Crippen LogP contribution >= 0.6 is 43.2 Å². The summed E-state index contributed by atoms with van der Waals surface area (Å²) in [5.41, 5.74) is 1.32. The number of alkyl halides is 1. The molecule has 0 saturated carbocycles. The Morgan fingerprint density at radius 2 is 2.07 bits per heavy atom. The monoisotopic (exact) mass is 332 g/mol. The van der Waals surface area contributed by atoms with Gasteiger partial charge in [0.2, 0.25) is 0 Å². The second kappa shape index (κ2) is 4.33. The zero-order valence-corrected chi connectivity index (χ0v) is 11.8. The molecule has 0 fully saturated rings. The molecule has 0 amide bonds. The molecule has 3 heteroatoms. The minimum absolute atomic E-state index is 0.904. The quantitative estimate of drug-likeness (QED) is 0.669. The molecule has 1 heterocycles. The molecule has 0 radical (unpaired) electrons. The fraction of sp³-hybridized carbons (Fsp3) is 0.273. The lowest BCUT2D eigenvalue weighted by molar-refractivity contribution is 1.19. The van der Waals surface area contributed by atoms with E-state index in [1.54, 1.807) is 0 Å². The van der Waals surface area contributed by atoms with Gasteiger partial charge in [-0.25, -0.2) is 0 Å². The first-order valence-electron chi connectivity index (χ1n) is 4.51. The molecular weight excluding hydrogens is 324 g/mol. The van der Waals surface area contributed by atoms with Gasteiger partial charge in [-0.05, 0) is 35.6 Å². The second-order valence-corrected chi connectivity index (χ2v) is 5.76. The van der Waals surface area contributed by atoms with E-state index < -0.39 is 0 Å². The van der Waals surface area contributed by atoms with E-state index in [4.69, 9.17) is 0 Å². The SMILES string of the molecule is CCc1cc2cc(CBr)c(Br)cc2s1. The van der Waals surface area contributed by atoms with Crippen molar-refractivity contribution in [2.75, 3.05) is 0 Å². The normalized spacial score (nSPS) is 11.1. The third-order valence-electron chi connectivity index (χ3n) is 2.23. The number of thiophene rings is 1. The first-order valence-corrected chi connectivity index (χ1v) is 7.24. The Kier molecular flexibility index (Phi) is 3.30. The third kappa shape index (κ3) is 1.90. The number of rotatable bonds is 2. The molecule has 1 aromatic carbocycles. The van der Waals surface area contributed by atoms with Crippen LogP contribution in [0.4, 0.5) is 0 Å². The van der Waals surface area contributed by atoms with E-state index in [2.05, 4.69) is 57.0 Å². The van der Waals surface area contributed by atoms with Crippen LogP contribution in [0.2, 0.25) is 0 Å². The maximum Gasteiger partial charge on any atom is 0.0357 e. The molecular formula is C11H10Br2S. The van der Waals surface area contributed by atoms with Gasteiger partial charge in [-0.1, -0.05) is 38.8 Å². The summed E-state index contributed by atoms with van der Waals surface area (Å²) in [5.74, 6) is 0. The molecule has 0 spiro atoms. The van der Waals surface area contributed by atoms with E-state index in [9.17, 15) is 0 Å². The van der Waals surface area contributed by atoms with Gasteiger partial charge in [-0.3, -0.25) is 0 Å². The van der Waals surface area contributed by atoms with Crippen molar-refractivity contribution >= 4 is 53.3 Å². The summed E-state index contributed by atoms with van der Waals surface area (Å²) in [4.78, 5) is 1.46. The Morgan fingerprint density at radius 3 is 2.71 bits per heavy atom. The van der Waals surface area contributed by atoms with E-state index in [1.807, 2.05) is 11.3 Å². The van der Waals surface area contributed by atoms with Gasteiger partial charge in [0.25, 0.3) is 0 Å². The van der Waals surface area contributed by atoms with Crippen molar-refractivity contribution in [1.82, 2.24) is 0 Å². The number of hydrogen-bond donors (Lipinski definition) is 0. The highest BCUT2D eigenvalue weighted by atomic mass is 79.9. The van der Waals surface area contributed by atoms with Crippen LogP contribution in [0.25, 0.3) is 10.1 Å². The lowest BCUT2D eigenvalue weighted by atomic mass is 10.2. The summed E-state index contributed by atoms with van der Waals surface area (Å²) in [6, 6.07) is 6.76. The van der Waals surface area contributed by atoms with Crippen LogP contribution in [-0.2, 0) is 11.8 Å². The number of halogens is 2. The smallest absolute Gasteiger partial charge is 0.0357 e. The van der Waals surface area contributed by atoms with Crippen LogP contribution in [0.3, 0.4) is 0 Å². The van der Waals surface area contributed by atoms with Crippen LogP contribution in [0.5, 0.6) is 0 Å². The van der Waals surface area contributed by atoms with Gasteiger partial charge in [0.05, 0.1) is 0 Å². The summed E-state index contributed by atoms with van der Waals surface area (Å²) in [7, 11) is 0. The summed E-state index contributed by atoms with van der Waals surface area (Å²) >= 11 is 8.96. The summed E-state index contributed by atoms with van der Waals surface area (Å²) in [6.45, 7) is 2.20. The molecule has 1 aromatic heterocycles. The van der Waals surface area contributed by atoms with Gasteiger partial charge < -0.3 is 0 Å². The molecule has 0 atom stereocenters. The van der Waals surface area contributed by atoms with Crippen LogP contribution in [0.1, 0.15) is 17.4 Å².